The Balaban J connectivity index is 2.17. The second kappa shape index (κ2) is 10.0. The van der Waals surface area contributed by atoms with Gasteiger partial charge in [-0.25, -0.2) is 4.39 Å². The van der Waals surface area contributed by atoms with E-state index in [1.807, 2.05) is 0 Å². The van der Waals surface area contributed by atoms with Crippen LogP contribution < -0.4 is 15.4 Å². The van der Waals surface area contributed by atoms with Crippen LogP contribution in [0, 0.1) is 12.7 Å². The van der Waals surface area contributed by atoms with Gasteiger partial charge in [-0.1, -0.05) is 18.2 Å². The third-order valence-corrected chi connectivity index (χ3v) is 3.86. The molecule has 2 N–H and O–H groups in total. The van der Waals surface area contributed by atoms with Gasteiger partial charge in [0.1, 0.15) is 18.1 Å². The van der Waals surface area contributed by atoms with Crippen molar-refractivity contribution in [3.63, 3.8) is 0 Å². The maximum atomic E-state index is 14.1. The molecule has 0 heterocycles. The number of benzene rings is 2. The smallest absolute Gasteiger partial charge is 0.405 e. The number of hydrogen-bond donors (Lipinski definition) is 2. The molecule has 0 atom stereocenters. The van der Waals surface area contributed by atoms with Gasteiger partial charge in [0, 0.05) is 28.5 Å². The third-order valence-electron chi connectivity index (χ3n) is 3.86. The van der Waals surface area contributed by atoms with Crippen molar-refractivity contribution in [1.29, 1.82) is 0 Å². The molecular formula is C20H16F6N2O3. The van der Waals surface area contributed by atoms with Gasteiger partial charge in [-0.3, -0.25) is 9.59 Å². The minimum atomic E-state index is -4.65. The first-order chi connectivity index (χ1) is 14.5. The van der Waals surface area contributed by atoms with E-state index in [2.05, 4.69) is 10.1 Å². The highest BCUT2D eigenvalue weighted by molar-refractivity contribution is 6.03. The Bertz CT molecular complexity index is 989. The Morgan fingerprint density at radius 1 is 1.16 bits per heavy atom. The van der Waals surface area contributed by atoms with Crippen LogP contribution in [-0.4, -0.2) is 31.1 Å². The van der Waals surface area contributed by atoms with Crippen LogP contribution in [-0.2, 0) is 4.79 Å². The number of nitrogens with one attached hydrogen (secondary N) is 2. The highest BCUT2D eigenvalue weighted by Crippen LogP contribution is 2.23. The van der Waals surface area contributed by atoms with E-state index >= 15 is 0 Å². The first kappa shape index (κ1) is 23.8. The maximum Gasteiger partial charge on any atom is 0.405 e. The van der Waals surface area contributed by atoms with Crippen molar-refractivity contribution in [2.75, 3.05) is 11.9 Å². The summed E-state index contributed by atoms with van der Waals surface area (Å²) in [6.07, 6.45) is -2.51. The van der Waals surface area contributed by atoms with Crippen molar-refractivity contribution in [3.05, 3.63) is 65.0 Å². The average molecular weight is 446 g/mol. The highest BCUT2D eigenvalue weighted by atomic mass is 19.4. The number of carbonyl (C=O) groups is 2. The van der Waals surface area contributed by atoms with Crippen molar-refractivity contribution >= 4 is 23.6 Å². The molecule has 0 radical (unpaired) electrons. The Morgan fingerprint density at radius 3 is 2.48 bits per heavy atom. The molecule has 0 fully saturated rings. The van der Waals surface area contributed by atoms with E-state index < -0.39 is 42.5 Å². The molecule has 11 heteroatoms. The fraction of sp³-hybridized carbons (Fsp3) is 0.200. The lowest BCUT2D eigenvalue weighted by atomic mass is 10.1. The maximum absolute atomic E-state index is 14.1. The number of para-hydroxylation sites is 1. The minimum absolute atomic E-state index is 0.0597. The molecule has 2 aromatic rings. The van der Waals surface area contributed by atoms with Gasteiger partial charge in [0.25, 0.3) is 5.91 Å². The summed E-state index contributed by atoms with van der Waals surface area (Å²) in [6, 6.07) is 7.42. The number of hydrogen-bond acceptors (Lipinski definition) is 3. The van der Waals surface area contributed by atoms with Crippen LogP contribution in [0.25, 0.3) is 6.08 Å². The number of ether oxygens (including phenoxy) is 1. The van der Waals surface area contributed by atoms with Crippen LogP contribution >= 0.6 is 0 Å². The van der Waals surface area contributed by atoms with Crippen molar-refractivity contribution in [2.24, 2.45) is 0 Å². The average Bonchev–Trinajstić information content (AvgIpc) is 2.67. The quantitative estimate of drug-likeness (QED) is 0.480. The molecule has 2 aromatic carbocycles. The van der Waals surface area contributed by atoms with Gasteiger partial charge in [-0.2, -0.15) is 22.0 Å². The number of amides is 2. The van der Waals surface area contributed by atoms with Crippen LogP contribution in [0.1, 0.15) is 21.5 Å². The number of alkyl halides is 5. The summed E-state index contributed by atoms with van der Waals surface area (Å²) in [5, 5.41) is 3.89. The second-order valence-corrected chi connectivity index (χ2v) is 6.17. The molecule has 0 bridgehead atoms. The molecule has 0 aromatic heterocycles. The van der Waals surface area contributed by atoms with Gasteiger partial charge in [0.05, 0.1) is 0 Å². The molecule has 5 nitrogen and oxygen atoms in total. The third kappa shape index (κ3) is 7.36. The molecule has 2 amide bonds. The van der Waals surface area contributed by atoms with Gasteiger partial charge in [0.15, 0.2) is 0 Å². The SMILES string of the molecule is Cc1c(F)cc(C(=O)NCC(F)(F)F)cc1NC(=O)/C=C/c1ccccc1OC(F)F. The molecule has 2 rings (SSSR count). The van der Waals surface area contributed by atoms with E-state index in [1.54, 1.807) is 5.32 Å². The van der Waals surface area contributed by atoms with E-state index in [-0.39, 0.29) is 22.6 Å². The van der Waals surface area contributed by atoms with E-state index in [0.29, 0.717) is 0 Å². The molecule has 166 valence electrons. The minimum Gasteiger partial charge on any atom is -0.434 e. The van der Waals surface area contributed by atoms with Crippen LogP contribution in [0.5, 0.6) is 5.75 Å². The first-order valence-corrected chi connectivity index (χ1v) is 8.64. The Kier molecular flexibility index (Phi) is 7.67. The van der Waals surface area contributed by atoms with E-state index in [4.69, 9.17) is 0 Å². The summed E-state index contributed by atoms with van der Waals surface area (Å²) in [6.45, 7) is -3.39. The molecule has 0 saturated heterocycles. The highest BCUT2D eigenvalue weighted by Gasteiger charge is 2.28. The molecule has 0 saturated carbocycles. The lowest BCUT2D eigenvalue weighted by Crippen LogP contribution is -2.33. The summed E-state index contributed by atoms with van der Waals surface area (Å²) in [4.78, 5) is 24.0. The molecule has 0 unspecified atom stereocenters. The largest absolute Gasteiger partial charge is 0.434 e. The summed E-state index contributed by atoms with van der Waals surface area (Å²) in [5.41, 5.74) is -0.470. The second-order valence-electron chi connectivity index (χ2n) is 6.17. The van der Waals surface area contributed by atoms with E-state index in [1.165, 1.54) is 37.3 Å². The van der Waals surface area contributed by atoms with Gasteiger partial charge in [-0.15, -0.1) is 0 Å². The molecule has 0 spiro atoms. The van der Waals surface area contributed by atoms with Crippen LogP contribution in [0.4, 0.5) is 32.0 Å². The summed E-state index contributed by atoms with van der Waals surface area (Å²) < 4.78 is 80.0. The first-order valence-electron chi connectivity index (χ1n) is 8.64. The fourth-order valence-corrected chi connectivity index (χ4v) is 2.38. The lowest BCUT2D eigenvalue weighted by molar-refractivity contribution is -0.123. The zero-order valence-corrected chi connectivity index (χ0v) is 15.9. The lowest BCUT2D eigenvalue weighted by Gasteiger charge is -2.12. The zero-order valence-electron chi connectivity index (χ0n) is 15.9. The number of rotatable bonds is 7. The molecule has 0 aliphatic rings. The molecule has 0 aliphatic heterocycles. The summed E-state index contributed by atoms with van der Waals surface area (Å²) in [7, 11) is 0. The van der Waals surface area contributed by atoms with E-state index in [9.17, 15) is 35.9 Å². The topological polar surface area (TPSA) is 67.4 Å². The predicted molar refractivity (Wildman–Crippen MR) is 100 cm³/mol. The van der Waals surface area contributed by atoms with Gasteiger partial charge in [0.2, 0.25) is 5.91 Å². The summed E-state index contributed by atoms with van der Waals surface area (Å²) >= 11 is 0. The van der Waals surface area contributed by atoms with Gasteiger partial charge in [-0.05, 0) is 31.2 Å². The Hall–Kier alpha value is -3.50. The normalized spacial score (nSPS) is 11.6. The fourth-order valence-electron chi connectivity index (χ4n) is 2.38. The Morgan fingerprint density at radius 2 is 1.84 bits per heavy atom. The van der Waals surface area contributed by atoms with Crippen molar-refractivity contribution in [3.8, 4) is 5.75 Å². The van der Waals surface area contributed by atoms with Crippen LogP contribution in [0.2, 0.25) is 0 Å². The van der Waals surface area contributed by atoms with Gasteiger partial charge >= 0.3 is 12.8 Å². The van der Waals surface area contributed by atoms with Crippen LogP contribution in [0.3, 0.4) is 0 Å². The van der Waals surface area contributed by atoms with E-state index in [0.717, 1.165) is 18.2 Å². The molecule has 31 heavy (non-hydrogen) atoms. The van der Waals surface area contributed by atoms with Crippen molar-refractivity contribution in [1.82, 2.24) is 5.32 Å². The molecule has 0 aliphatic carbocycles. The van der Waals surface area contributed by atoms with Gasteiger partial charge < -0.3 is 15.4 Å². The standard InChI is InChI=1S/C20H16F6N2O3/c1-11-14(21)8-13(18(30)27-10-20(24,25)26)9-15(11)28-17(29)7-6-12-4-2-3-5-16(12)31-19(22)23/h2-9,19H,10H2,1H3,(H,27,30)(H,28,29)/b7-6+. The van der Waals surface area contributed by atoms with Crippen molar-refractivity contribution < 1.29 is 40.7 Å². The number of halogens is 6. The number of carbonyl (C=O) groups excluding carboxylic acids is 2. The molecular weight excluding hydrogens is 430 g/mol. The summed E-state index contributed by atoms with van der Waals surface area (Å²) in [5.74, 6) is -3.08. The van der Waals surface area contributed by atoms with Crippen molar-refractivity contribution in [2.45, 2.75) is 19.7 Å². The number of anilines is 1. The monoisotopic (exact) mass is 446 g/mol. The zero-order chi connectivity index (χ0) is 23.2. The Labute approximate surface area is 172 Å². The van der Waals surface area contributed by atoms with Crippen LogP contribution in [0.15, 0.2) is 42.5 Å². The predicted octanol–water partition coefficient (Wildman–Crippen LogP) is 4.68.